The van der Waals surface area contributed by atoms with Crippen LogP contribution in [0.25, 0.3) is 0 Å². The zero-order valence-electron chi connectivity index (χ0n) is 35.0. The molecule has 0 heterocycles. The number of hydrogen-bond acceptors (Lipinski definition) is 8. The van der Waals surface area contributed by atoms with Crippen molar-refractivity contribution in [1.82, 2.24) is 4.31 Å². The number of aliphatic hydroxyl groups excluding tert-OH is 2. The van der Waals surface area contributed by atoms with Crippen LogP contribution in [0.15, 0.2) is 150 Å². The number of para-hydroxylation sites is 1. The minimum atomic E-state index is -4.70. The van der Waals surface area contributed by atoms with Gasteiger partial charge in [-0.2, -0.15) is 4.31 Å². The van der Waals surface area contributed by atoms with E-state index in [9.17, 15) is 28.7 Å². The molecule has 0 bridgehead atoms. The monoisotopic (exact) mass is 852 g/mol. The molecular weight excluding hydrogens is 793 g/mol. The van der Waals surface area contributed by atoms with Crippen LogP contribution in [0, 0.1) is 10.1 Å². The van der Waals surface area contributed by atoms with Crippen molar-refractivity contribution in [2.45, 2.75) is 107 Å². The van der Waals surface area contributed by atoms with Crippen LogP contribution in [-0.2, 0) is 32.3 Å². The van der Waals surface area contributed by atoms with Crippen LogP contribution in [0.2, 0.25) is 5.04 Å². The van der Waals surface area contributed by atoms with E-state index in [4.69, 9.17) is 9.16 Å². The molecule has 60 heavy (non-hydrogen) atoms. The zero-order chi connectivity index (χ0) is 43.0. The second-order valence-electron chi connectivity index (χ2n) is 16.3. The lowest BCUT2D eigenvalue weighted by molar-refractivity contribution is -0.387. The molecule has 12 heteroatoms. The van der Waals surface area contributed by atoms with Gasteiger partial charge >= 0.3 is 0 Å². The van der Waals surface area contributed by atoms with Crippen LogP contribution in [0.1, 0.15) is 76.8 Å². The van der Waals surface area contributed by atoms with Crippen LogP contribution < -0.4 is 10.4 Å². The standard InChI is InChI=1S/C48H60N2O8SSi/c1-48(2,3)60(41-28-16-10-17-29-41,42-30-18-11-19-31-42)58-38-44(47(52)45(51)33-20-6-4-5-7-23-35-57-37-40-26-14-9-15-27-40)49(36-39-24-12-8-13-25-39)59(55,56)46-34-22-21-32-43(46)50(53)54/h8-19,21-22,24-32,34,44-45,47,51-52H,4-7,20,23,33,35-38H2,1-3H3/t44-,45+,47-/m0/s1. The third-order valence-corrected chi connectivity index (χ3v) is 17.9. The first-order valence-corrected chi connectivity index (χ1v) is 24.2. The predicted octanol–water partition coefficient (Wildman–Crippen LogP) is 8.40. The maximum Gasteiger partial charge on any atom is 0.289 e. The van der Waals surface area contributed by atoms with E-state index in [0.29, 0.717) is 25.2 Å². The van der Waals surface area contributed by atoms with Crippen molar-refractivity contribution in [3.8, 4) is 0 Å². The Balaban J connectivity index is 1.43. The maximum atomic E-state index is 15.0. The Morgan fingerprint density at radius 2 is 1.17 bits per heavy atom. The highest BCUT2D eigenvalue weighted by molar-refractivity contribution is 7.89. The number of hydrogen-bond donors (Lipinski definition) is 2. The Morgan fingerprint density at radius 3 is 1.72 bits per heavy atom. The van der Waals surface area contributed by atoms with Gasteiger partial charge in [-0.3, -0.25) is 10.1 Å². The second-order valence-corrected chi connectivity index (χ2v) is 22.5. The minimum Gasteiger partial charge on any atom is -0.406 e. The molecular formula is C48H60N2O8SSi. The first kappa shape index (κ1) is 46.5. The van der Waals surface area contributed by atoms with E-state index in [1.54, 1.807) is 24.3 Å². The number of unbranched alkanes of at least 4 members (excludes halogenated alkanes) is 5. The number of nitrogens with zero attached hydrogens (tertiary/aromatic N) is 2. The Kier molecular flexibility index (Phi) is 17.3. The van der Waals surface area contributed by atoms with Gasteiger partial charge in [0.15, 0.2) is 4.90 Å². The molecule has 2 N–H and O–H groups in total. The molecule has 0 aliphatic heterocycles. The van der Waals surface area contributed by atoms with Gasteiger partial charge in [0, 0.05) is 19.2 Å². The lowest BCUT2D eigenvalue weighted by atomic mass is 9.99. The predicted molar refractivity (Wildman–Crippen MR) is 240 cm³/mol. The average Bonchev–Trinajstić information content (AvgIpc) is 3.26. The minimum absolute atomic E-state index is 0.224. The van der Waals surface area contributed by atoms with Gasteiger partial charge < -0.3 is 19.4 Å². The van der Waals surface area contributed by atoms with Crippen molar-refractivity contribution < 1.29 is 32.7 Å². The van der Waals surface area contributed by atoms with Crippen molar-refractivity contribution in [2.24, 2.45) is 0 Å². The summed E-state index contributed by atoms with van der Waals surface area (Å²) in [7, 11) is -8.00. The summed E-state index contributed by atoms with van der Waals surface area (Å²) >= 11 is 0. The van der Waals surface area contributed by atoms with Gasteiger partial charge in [0.05, 0.1) is 36.4 Å². The van der Waals surface area contributed by atoms with Crippen molar-refractivity contribution in [1.29, 1.82) is 0 Å². The van der Waals surface area contributed by atoms with Crippen molar-refractivity contribution in [2.75, 3.05) is 13.2 Å². The summed E-state index contributed by atoms with van der Waals surface area (Å²) in [5.74, 6) is 0. The first-order chi connectivity index (χ1) is 28.9. The van der Waals surface area contributed by atoms with Gasteiger partial charge in [0.1, 0.15) is 0 Å². The molecule has 5 aromatic carbocycles. The number of aliphatic hydroxyl groups is 2. The van der Waals surface area contributed by atoms with E-state index in [1.807, 2.05) is 97.1 Å². The van der Waals surface area contributed by atoms with Crippen LogP contribution in [0.5, 0.6) is 0 Å². The lowest BCUT2D eigenvalue weighted by Gasteiger charge is -2.45. The van der Waals surface area contributed by atoms with Gasteiger partial charge in [-0.15, -0.1) is 0 Å². The molecule has 0 amide bonds. The van der Waals surface area contributed by atoms with E-state index < -0.39 is 57.1 Å². The molecule has 320 valence electrons. The SMILES string of the molecule is CC(C)(C)[Si](OC[C@@H]([C@H](O)[C@H](O)CCCCCCCCOCc1ccccc1)N(Cc1ccccc1)S(=O)(=O)c1ccccc1[N+](=O)[O-])(c1ccccc1)c1ccccc1. The fraction of sp³-hybridized carbons (Fsp3) is 0.375. The van der Waals surface area contributed by atoms with Crippen LogP contribution in [0.3, 0.4) is 0 Å². The fourth-order valence-corrected chi connectivity index (χ4v) is 14.2. The summed E-state index contributed by atoms with van der Waals surface area (Å²) in [6.07, 6.45) is 2.64. The molecule has 0 unspecified atom stereocenters. The van der Waals surface area contributed by atoms with E-state index in [2.05, 4.69) is 20.8 Å². The van der Waals surface area contributed by atoms with Crippen LogP contribution in [-0.4, -0.2) is 67.6 Å². The van der Waals surface area contributed by atoms with Crippen LogP contribution in [0.4, 0.5) is 5.69 Å². The normalized spacial score (nSPS) is 13.8. The second kappa shape index (κ2) is 22.3. The van der Waals surface area contributed by atoms with E-state index in [-0.39, 0.29) is 19.6 Å². The third kappa shape index (κ3) is 12.1. The molecule has 0 radical (unpaired) electrons. The molecule has 5 rings (SSSR count). The summed E-state index contributed by atoms with van der Waals surface area (Å²) in [4.78, 5) is 11.0. The number of nitro benzene ring substituents is 1. The summed E-state index contributed by atoms with van der Waals surface area (Å²) in [5, 5.41) is 37.7. The number of benzene rings is 5. The lowest BCUT2D eigenvalue weighted by Crippen LogP contribution is -2.68. The number of rotatable bonds is 24. The molecule has 0 aliphatic rings. The Hall–Kier alpha value is -4.53. The third-order valence-electron chi connectivity index (χ3n) is 11.0. The van der Waals surface area contributed by atoms with Gasteiger partial charge in [-0.05, 0) is 45.4 Å². The topological polar surface area (TPSA) is 139 Å². The fourth-order valence-electron chi connectivity index (χ4n) is 7.88. The Morgan fingerprint density at radius 1 is 0.683 bits per heavy atom. The van der Waals surface area contributed by atoms with E-state index in [1.165, 1.54) is 18.2 Å². The van der Waals surface area contributed by atoms with Gasteiger partial charge in [0.25, 0.3) is 24.0 Å². The smallest absolute Gasteiger partial charge is 0.289 e. The van der Waals surface area contributed by atoms with Crippen molar-refractivity contribution >= 4 is 34.4 Å². The number of ether oxygens (including phenoxy) is 1. The highest BCUT2D eigenvalue weighted by Gasteiger charge is 2.52. The largest absolute Gasteiger partial charge is 0.406 e. The summed E-state index contributed by atoms with van der Waals surface area (Å²) in [5.41, 5.74) is 1.17. The molecule has 0 aromatic heterocycles. The first-order valence-electron chi connectivity index (χ1n) is 20.9. The molecule has 10 nitrogen and oxygen atoms in total. The van der Waals surface area contributed by atoms with Gasteiger partial charge in [0.2, 0.25) is 0 Å². The Labute approximate surface area is 357 Å². The molecule has 0 aliphatic carbocycles. The van der Waals surface area contributed by atoms with E-state index in [0.717, 1.165) is 58.4 Å². The van der Waals surface area contributed by atoms with Crippen LogP contribution >= 0.6 is 0 Å². The van der Waals surface area contributed by atoms with Gasteiger partial charge in [-0.25, -0.2) is 8.42 Å². The number of sulfonamides is 1. The highest BCUT2D eigenvalue weighted by Crippen LogP contribution is 2.38. The maximum absolute atomic E-state index is 15.0. The Bertz CT molecular complexity index is 2100. The van der Waals surface area contributed by atoms with Crippen molar-refractivity contribution in [3.05, 3.63) is 167 Å². The molecule has 0 spiro atoms. The summed E-state index contributed by atoms with van der Waals surface area (Å²) < 4.78 is 44.1. The average molecular weight is 853 g/mol. The quantitative estimate of drug-likeness (QED) is 0.0273. The molecule has 0 fully saturated rings. The summed E-state index contributed by atoms with van der Waals surface area (Å²) in [6, 6.07) is 42.6. The van der Waals surface area contributed by atoms with Gasteiger partial charge in [-0.1, -0.05) is 186 Å². The molecule has 3 atom stereocenters. The molecule has 0 saturated heterocycles. The zero-order valence-corrected chi connectivity index (χ0v) is 36.8. The molecule has 0 saturated carbocycles. The highest BCUT2D eigenvalue weighted by atomic mass is 32.2. The number of nitro groups is 1. The summed E-state index contributed by atoms with van der Waals surface area (Å²) in [6.45, 7) is 7.05. The van der Waals surface area contributed by atoms with Crippen molar-refractivity contribution in [3.63, 3.8) is 0 Å². The molecule has 5 aromatic rings. The van der Waals surface area contributed by atoms with E-state index >= 15 is 0 Å².